The second-order valence-electron chi connectivity index (χ2n) is 6.70. The van der Waals surface area contributed by atoms with Gasteiger partial charge in [0.05, 0.1) is 11.2 Å². The van der Waals surface area contributed by atoms with Gasteiger partial charge in [0.25, 0.3) is 0 Å². The lowest BCUT2D eigenvalue weighted by Gasteiger charge is -2.37. The van der Waals surface area contributed by atoms with Gasteiger partial charge in [0.2, 0.25) is 0 Å². The van der Waals surface area contributed by atoms with Gasteiger partial charge in [-0.3, -0.25) is 0 Å². The Hall–Kier alpha value is -1.64. The third-order valence-electron chi connectivity index (χ3n) is 5.54. The number of aliphatic hydroxyl groups is 2. The van der Waals surface area contributed by atoms with Crippen LogP contribution < -0.4 is 0 Å². The molecule has 0 radical (unpaired) electrons. The van der Waals surface area contributed by atoms with Gasteiger partial charge < -0.3 is 10.2 Å². The Bertz CT molecular complexity index is 634. The first kappa shape index (κ1) is 15.3. The van der Waals surface area contributed by atoms with Crippen molar-refractivity contribution in [1.82, 2.24) is 0 Å². The molecule has 2 N–H and O–H groups in total. The fraction of sp³-hybridized carbons (Fsp3) is 0.400. The second-order valence-corrected chi connectivity index (χ2v) is 6.70. The Balaban J connectivity index is 2.07. The van der Waals surface area contributed by atoms with Crippen LogP contribution in [0.3, 0.4) is 0 Å². The van der Waals surface area contributed by atoms with E-state index in [1.165, 1.54) is 0 Å². The number of hydrogen-bond donors (Lipinski definition) is 2. The van der Waals surface area contributed by atoms with Gasteiger partial charge >= 0.3 is 0 Å². The van der Waals surface area contributed by atoms with Crippen molar-refractivity contribution < 1.29 is 10.2 Å². The first-order valence-corrected chi connectivity index (χ1v) is 7.96. The average Bonchev–Trinajstić information content (AvgIpc) is 2.75. The normalized spacial score (nSPS) is 31.4. The standard InChI is InChI=1S/C20H24O2/c1-14-8-4-6-10-17(14)19(21)12-13-20(22,16(19)3)18-11-7-5-9-15(18)2/h4-11,16,21-22H,12-13H2,1-3H3/t16?,19-,20+. The van der Waals surface area contributed by atoms with Gasteiger partial charge in [-0.25, -0.2) is 0 Å². The van der Waals surface area contributed by atoms with Gasteiger partial charge in [0.1, 0.15) is 0 Å². The van der Waals surface area contributed by atoms with Crippen LogP contribution in [0.25, 0.3) is 0 Å². The molecular formula is C20H24O2. The molecule has 0 aromatic heterocycles. The van der Waals surface area contributed by atoms with E-state index in [0.29, 0.717) is 12.8 Å². The SMILES string of the molecule is Cc1ccccc1[C@]1(O)CC[C@](O)(c2ccccc2C)C1C. The van der Waals surface area contributed by atoms with Gasteiger partial charge in [-0.2, -0.15) is 0 Å². The fourth-order valence-corrected chi connectivity index (χ4v) is 4.06. The molecule has 2 aromatic carbocycles. The number of rotatable bonds is 2. The summed E-state index contributed by atoms with van der Waals surface area (Å²) in [5, 5.41) is 22.7. The molecule has 0 heterocycles. The zero-order valence-corrected chi connectivity index (χ0v) is 13.5. The van der Waals surface area contributed by atoms with E-state index in [1.807, 2.05) is 69.3 Å². The van der Waals surface area contributed by atoms with E-state index >= 15 is 0 Å². The van der Waals surface area contributed by atoms with Crippen LogP contribution in [0.15, 0.2) is 48.5 Å². The van der Waals surface area contributed by atoms with Crippen LogP contribution in [0, 0.1) is 19.8 Å². The van der Waals surface area contributed by atoms with E-state index in [9.17, 15) is 10.2 Å². The Labute approximate surface area is 132 Å². The van der Waals surface area contributed by atoms with Crippen molar-refractivity contribution in [2.75, 3.05) is 0 Å². The highest BCUT2D eigenvalue weighted by Gasteiger charge is 2.55. The van der Waals surface area contributed by atoms with Crippen LogP contribution in [0.5, 0.6) is 0 Å². The smallest absolute Gasteiger partial charge is 0.0956 e. The molecule has 116 valence electrons. The largest absolute Gasteiger partial charge is 0.385 e. The van der Waals surface area contributed by atoms with Crippen molar-refractivity contribution in [3.05, 3.63) is 70.8 Å². The van der Waals surface area contributed by atoms with E-state index in [0.717, 1.165) is 22.3 Å². The molecule has 0 saturated heterocycles. The first-order valence-electron chi connectivity index (χ1n) is 7.96. The lowest BCUT2D eigenvalue weighted by atomic mass is 9.75. The van der Waals surface area contributed by atoms with E-state index in [-0.39, 0.29) is 5.92 Å². The van der Waals surface area contributed by atoms with Crippen LogP contribution in [-0.4, -0.2) is 10.2 Å². The van der Waals surface area contributed by atoms with E-state index in [1.54, 1.807) is 0 Å². The molecule has 1 aliphatic rings. The maximum absolute atomic E-state index is 11.3. The summed E-state index contributed by atoms with van der Waals surface area (Å²) in [7, 11) is 0. The van der Waals surface area contributed by atoms with Gasteiger partial charge in [-0.15, -0.1) is 0 Å². The topological polar surface area (TPSA) is 40.5 Å². The predicted molar refractivity (Wildman–Crippen MR) is 88.5 cm³/mol. The van der Waals surface area contributed by atoms with Gasteiger partial charge in [-0.1, -0.05) is 55.5 Å². The van der Waals surface area contributed by atoms with Crippen LogP contribution in [-0.2, 0) is 11.2 Å². The van der Waals surface area contributed by atoms with Crippen molar-refractivity contribution in [2.24, 2.45) is 5.92 Å². The van der Waals surface area contributed by atoms with E-state index in [4.69, 9.17) is 0 Å². The molecule has 1 unspecified atom stereocenters. The van der Waals surface area contributed by atoms with Crippen molar-refractivity contribution in [3.63, 3.8) is 0 Å². The highest BCUT2D eigenvalue weighted by atomic mass is 16.3. The van der Waals surface area contributed by atoms with Crippen molar-refractivity contribution in [2.45, 2.75) is 44.8 Å². The minimum Gasteiger partial charge on any atom is -0.385 e. The predicted octanol–water partition coefficient (Wildman–Crippen LogP) is 3.81. The molecule has 0 aliphatic heterocycles. The molecule has 0 bridgehead atoms. The minimum atomic E-state index is -0.984. The molecule has 3 rings (SSSR count). The summed E-state index contributed by atoms with van der Waals surface area (Å²) in [6, 6.07) is 15.9. The summed E-state index contributed by atoms with van der Waals surface area (Å²) in [5.41, 5.74) is 2.06. The Morgan fingerprint density at radius 2 is 1.14 bits per heavy atom. The summed E-state index contributed by atoms with van der Waals surface area (Å²) < 4.78 is 0. The van der Waals surface area contributed by atoms with Crippen LogP contribution in [0.1, 0.15) is 42.0 Å². The zero-order valence-electron chi connectivity index (χ0n) is 13.5. The molecule has 2 nitrogen and oxygen atoms in total. The monoisotopic (exact) mass is 296 g/mol. The second kappa shape index (κ2) is 5.22. The summed E-state index contributed by atoms with van der Waals surface area (Å²) in [4.78, 5) is 0. The molecule has 1 saturated carbocycles. The molecule has 0 spiro atoms. The molecule has 2 heteroatoms. The number of benzene rings is 2. The molecule has 3 atom stereocenters. The highest BCUT2D eigenvalue weighted by molar-refractivity contribution is 5.39. The third-order valence-corrected chi connectivity index (χ3v) is 5.54. The van der Waals surface area contributed by atoms with Crippen molar-refractivity contribution >= 4 is 0 Å². The summed E-state index contributed by atoms with van der Waals surface area (Å²) in [5.74, 6) is -0.262. The third kappa shape index (κ3) is 2.10. The molecule has 22 heavy (non-hydrogen) atoms. The molecule has 1 fully saturated rings. The van der Waals surface area contributed by atoms with Crippen LogP contribution in [0.4, 0.5) is 0 Å². The van der Waals surface area contributed by atoms with Crippen molar-refractivity contribution in [3.8, 4) is 0 Å². The van der Waals surface area contributed by atoms with Gasteiger partial charge in [-0.05, 0) is 48.9 Å². The Morgan fingerprint density at radius 1 is 0.773 bits per heavy atom. The van der Waals surface area contributed by atoms with Gasteiger partial charge in [0.15, 0.2) is 0 Å². The molecule has 0 amide bonds. The Kier molecular flexibility index (Phi) is 3.62. The summed E-state index contributed by atoms with van der Waals surface area (Å²) in [6.45, 7) is 6.00. The van der Waals surface area contributed by atoms with E-state index < -0.39 is 11.2 Å². The lowest BCUT2D eigenvalue weighted by molar-refractivity contribution is -0.0741. The highest BCUT2D eigenvalue weighted by Crippen LogP contribution is 2.54. The maximum Gasteiger partial charge on any atom is 0.0956 e. The van der Waals surface area contributed by atoms with Crippen LogP contribution >= 0.6 is 0 Å². The quantitative estimate of drug-likeness (QED) is 0.884. The summed E-state index contributed by atoms with van der Waals surface area (Å²) >= 11 is 0. The van der Waals surface area contributed by atoms with Crippen LogP contribution in [0.2, 0.25) is 0 Å². The number of aryl methyl sites for hydroxylation is 2. The molecular weight excluding hydrogens is 272 g/mol. The maximum atomic E-state index is 11.3. The molecule has 1 aliphatic carbocycles. The lowest BCUT2D eigenvalue weighted by Crippen LogP contribution is -2.39. The minimum absolute atomic E-state index is 0.262. The fourth-order valence-electron chi connectivity index (χ4n) is 4.06. The van der Waals surface area contributed by atoms with Gasteiger partial charge in [0, 0.05) is 5.92 Å². The van der Waals surface area contributed by atoms with E-state index in [2.05, 4.69) is 0 Å². The zero-order chi connectivity index (χ0) is 16.0. The molecule has 2 aromatic rings. The summed E-state index contributed by atoms with van der Waals surface area (Å²) in [6.07, 6.45) is 1.15. The first-order chi connectivity index (χ1) is 10.4. The van der Waals surface area contributed by atoms with Crippen molar-refractivity contribution in [1.29, 1.82) is 0 Å². The average molecular weight is 296 g/mol. The number of hydrogen-bond acceptors (Lipinski definition) is 2. The Morgan fingerprint density at radius 3 is 1.50 bits per heavy atom.